The van der Waals surface area contributed by atoms with Crippen molar-refractivity contribution in [3.8, 4) is 0 Å². The zero-order valence-corrected chi connectivity index (χ0v) is 20.1. The van der Waals surface area contributed by atoms with Gasteiger partial charge in [-0.3, -0.25) is 5.32 Å². The number of methoxy groups -OCH3 is 1. The Hall–Kier alpha value is -3.76. The van der Waals surface area contributed by atoms with Crippen molar-refractivity contribution in [3.63, 3.8) is 0 Å². The summed E-state index contributed by atoms with van der Waals surface area (Å²) in [4.78, 5) is 25.9. The lowest BCUT2D eigenvalue weighted by atomic mass is 9.97. The molecule has 3 aromatic rings. The van der Waals surface area contributed by atoms with E-state index < -0.39 is 49.1 Å². The third-order valence-corrected chi connectivity index (χ3v) is 6.10. The molecule has 9 nitrogen and oxygen atoms in total. The van der Waals surface area contributed by atoms with Crippen LogP contribution in [-0.2, 0) is 28.4 Å². The molecule has 0 aliphatic carbocycles. The summed E-state index contributed by atoms with van der Waals surface area (Å²) < 4.78 is 35.4. The van der Waals surface area contributed by atoms with Crippen LogP contribution in [0.5, 0.6) is 0 Å². The lowest BCUT2D eigenvalue weighted by molar-refractivity contribution is -0.356. The molecule has 0 radical (unpaired) electrons. The molecular weight excluding hydrogens is 478 g/mol. The third kappa shape index (κ3) is 5.81. The first kappa shape index (κ1) is 24.9. The van der Waals surface area contributed by atoms with Gasteiger partial charge in [0.2, 0.25) is 0 Å². The maximum atomic E-state index is 13.1. The fourth-order valence-corrected chi connectivity index (χ4v) is 4.33. The number of hydrogen-bond acceptors (Lipinski definition) is 8. The van der Waals surface area contributed by atoms with Gasteiger partial charge in [-0.1, -0.05) is 66.7 Å². The van der Waals surface area contributed by atoms with Crippen molar-refractivity contribution in [1.29, 1.82) is 0 Å². The molecule has 0 aromatic heterocycles. The molecule has 192 valence electrons. The number of carbonyl (C=O) groups is 2. The van der Waals surface area contributed by atoms with E-state index in [2.05, 4.69) is 5.32 Å². The van der Waals surface area contributed by atoms with Gasteiger partial charge in [-0.2, -0.15) is 0 Å². The number of ether oxygens (including phenoxy) is 6. The van der Waals surface area contributed by atoms with Crippen LogP contribution in [0.15, 0.2) is 91.0 Å². The highest BCUT2D eigenvalue weighted by atomic mass is 16.8. The molecule has 0 saturated carbocycles. The van der Waals surface area contributed by atoms with Crippen LogP contribution in [0.4, 0.5) is 10.5 Å². The number of hydrogen-bond donors (Lipinski definition) is 1. The second-order valence-corrected chi connectivity index (χ2v) is 8.55. The highest BCUT2D eigenvalue weighted by Crippen LogP contribution is 2.37. The second kappa shape index (κ2) is 11.5. The van der Waals surface area contributed by atoms with E-state index in [-0.39, 0.29) is 6.61 Å². The third-order valence-electron chi connectivity index (χ3n) is 6.10. The normalized spacial score (nSPS) is 26.9. The van der Waals surface area contributed by atoms with Crippen molar-refractivity contribution in [2.45, 2.75) is 37.0 Å². The Morgan fingerprint density at radius 3 is 2.14 bits per heavy atom. The van der Waals surface area contributed by atoms with Gasteiger partial charge in [-0.05, 0) is 24.3 Å². The first-order valence-corrected chi connectivity index (χ1v) is 11.9. The number of esters is 1. The van der Waals surface area contributed by atoms with Gasteiger partial charge in [0.15, 0.2) is 24.8 Å². The molecule has 2 fully saturated rings. The largest absolute Gasteiger partial charge is 0.452 e. The zero-order valence-electron chi connectivity index (χ0n) is 20.1. The summed E-state index contributed by atoms with van der Waals surface area (Å²) in [6, 6.07) is 26.8. The molecule has 5 rings (SSSR count). The summed E-state index contributed by atoms with van der Waals surface area (Å²) in [6.07, 6.45) is -6.11. The van der Waals surface area contributed by atoms with E-state index in [9.17, 15) is 9.59 Å². The van der Waals surface area contributed by atoms with Gasteiger partial charge >= 0.3 is 12.1 Å². The van der Waals surface area contributed by atoms with Crippen molar-refractivity contribution in [3.05, 3.63) is 102 Å². The van der Waals surface area contributed by atoms with Crippen LogP contribution in [0.1, 0.15) is 22.2 Å². The van der Waals surface area contributed by atoms with E-state index in [1.807, 2.05) is 36.4 Å². The summed E-state index contributed by atoms with van der Waals surface area (Å²) in [5.74, 6) is -0.593. The predicted octanol–water partition coefficient (Wildman–Crippen LogP) is 4.31. The number of anilines is 1. The number of nitrogens with one attached hydrogen (secondary N) is 1. The predicted molar refractivity (Wildman–Crippen MR) is 132 cm³/mol. The standard InChI is InChI=1S/C28H27NO8/c1-32-27-24(37-28(31)29-20-15-9-4-10-16-20)23(35-25(30)18-11-5-2-6-12-18)22-21(34-27)17-33-26(36-22)19-13-7-3-8-14-19/h2-16,21-24,26-27H,17H2,1H3,(H,29,31)/t21-,22-,23+,24-,26?,27+/m1/s1. The van der Waals surface area contributed by atoms with Crippen LogP contribution in [0.25, 0.3) is 0 Å². The molecule has 37 heavy (non-hydrogen) atoms. The van der Waals surface area contributed by atoms with E-state index in [1.54, 1.807) is 54.6 Å². The van der Waals surface area contributed by atoms with Crippen molar-refractivity contribution in [2.75, 3.05) is 19.0 Å². The molecule has 2 heterocycles. The van der Waals surface area contributed by atoms with Crippen LogP contribution in [0.2, 0.25) is 0 Å². The van der Waals surface area contributed by atoms with Crippen LogP contribution in [-0.4, -0.2) is 56.5 Å². The van der Waals surface area contributed by atoms with E-state index in [0.29, 0.717) is 11.3 Å². The minimum absolute atomic E-state index is 0.159. The Labute approximate surface area is 214 Å². The molecule has 2 aliphatic heterocycles. The van der Waals surface area contributed by atoms with Crippen molar-refractivity contribution in [2.24, 2.45) is 0 Å². The van der Waals surface area contributed by atoms with Crippen LogP contribution in [0.3, 0.4) is 0 Å². The van der Waals surface area contributed by atoms with Gasteiger partial charge in [-0.25, -0.2) is 9.59 Å². The van der Waals surface area contributed by atoms with Crippen molar-refractivity contribution in [1.82, 2.24) is 0 Å². The molecule has 1 amide bonds. The Balaban J connectivity index is 1.42. The minimum atomic E-state index is -1.13. The quantitative estimate of drug-likeness (QED) is 0.495. The Morgan fingerprint density at radius 1 is 0.811 bits per heavy atom. The molecule has 1 unspecified atom stereocenters. The number of benzene rings is 3. The molecule has 0 bridgehead atoms. The molecule has 3 aromatic carbocycles. The highest BCUT2D eigenvalue weighted by Gasteiger charge is 2.54. The Morgan fingerprint density at radius 2 is 1.46 bits per heavy atom. The van der Waals surface area contributed by atoms with Crippen molar-refractivity contribution >= 4 is 17.7 Å². The molecule has 1 N–H and O–H groups in total. The summed E-state index contributed by atoms with van der Waals surface area (Å²) in [7, 11) is 1.42. The topological polar surface area (TPSA) is 102 Å². The van der Waals surface area contributed by atoms with Gasteiger partial charge in [0, 0.05) is 18.4 Å². The van der Waals surface area contributed by atoms with Crippen LogP contribution >= 0.6 is 0 Å². The summed E-state index contributed by atoms with van der Waals surface area (Å²) in [6.45, 7) is 0.159. The number of para-hydroxylation sites is 1. The molecule has 2 saturated heterocycles. The van der Waals surface area contributed by atoms with E-state index in [1.165, 1.54) is 7.11 Å². The molecule has 0 spiro atoms. The summed E-state index contributed by atoms with van der Waals surface area (Å²) >= 11 is 0. The second-order valence-electron chi connectivity index (χ2n) is 8.55. The maximum Gasteiger partial charge on any atom is 0.412 e. The van der Waals surface area contributed by atoms with Gasteiger partial charge in [-0.15, -0.1) is 0 Å². The number of fused-ring (bicyclic) bond motifs is 1. The molecule has 6 atom stereocenters. The lowest BCUT2D eigenvalue weighted by Gasteiger charge is -2.47. The van der Waals surface area contributed by atoms with Gasteiger partial charge in [0.25, 0.3) is 0 Å². The molecular formula is C28H27NO8. The first-order valence-electron chi connectivity index (χ1n) is 11.9. The molecule has 2 aliphatic rings. The van der Waals surface area contributed by atoms with Gasteiger partial charge < -0.3 is 28.4 Å². The SMILES string of the molecule is CO[C@H]1O[C@@H]2COC(c3ccccc3)O[C@H]2[C@H](OC(=O)c2ccccc2)[C@H]1OC(=O)Nc1ccccc1. The average Bonchev–Trinajstić information content (AvgIpc) is 2.95. The fraction of sp³-hybridized carbons (Fsp3) is 0.286. The smallest absolute Gasteiger partial charge is 0.412 e. The van der Waals surface area contributed by atoms with E-state index in [4.69, 9.17) is 28.4 Å². The Bertz CT molecular complexity index is 1180. The maximum absolute atomic E-state index is 13.1. The Kier molecular flexibility index (Phi) is 7.76. The van der Waals surface area contributed by atoms with Crippen LogP contribution in [0, 0.1) is 0 Å². The molecule has 9 heteroatoms. The fourth-order valence-electron chi connectivity index (χ4n) is 4.33. The zero-order chi connectivity index (χ0) is 25.6. The highest BCUT2D eigenvalue weighted by molar-refractivity contribution is 5.89. The van der Waals surface area contributed by atoms with Gasteiger partial charge in [0.05, 0.1) is 12.2 Å². The number of rotatable bonds is 6. The first-order chi connectivity index (χ1) is 18.1. The van der Waals surface area contributed by atoms with Crippen LogP contribution < -0.4 is 5.32 Å². The lowest BCUT2D eigenvalue weighted by Crippen LogP contribution is -2.64. The number of amides is 1. The summed E-state index contributed by atoms with van der Waals surface area (Å²) in [5, 5.41) is 2.67. The van der Waals surface area contributed by atoms with E-state index in [0.717, 1.165) is 5.56 Å². The van der Waals surface area contributed by atoms with Gasteiger partial charge in [0.1, 0.15) is 12.2 Å². The van der Waals surface area contributed by atoms with E-state index >= 15 is 0 Å². The average molecular weight is 506 g/mol. The monoisotopic (exact) mass is 505 g/mol. The summed E-state index contributed by atoms with van der Waals surface area (Å²) in [5.41, 5.74) is 1.68. The van der Waals surface area contributed by atoms with Crippen molar-refractivity contribution < 1.29 is 38.0 Å². The number of carbonyl (C=O) groups excluding carboxylic acids is 2. The minimum Gasteiger partial charge on any atom is -0.452 e.